The van der Waals surface area contributed by atoms with Gasteiger partial charge < -0.3 is 28.8 Å². The van der Waals surface area contributed by atoms with Crippen molar-refractivity contribution in [3.05, 3.63) is 129 Å². The molecule has 6 rings (SSSR count). The van der Waals surface area contributed by atoms with Gasteiger partial charge >= 0.3 is 5.69 Å². The smallest absolute Gasteiger partial charge is 0.330 e. The van der Waals surface area contributed by atoms with E-state index in [2.05, 4.69) is 4.98 Å². The summed E-state index contributed by atoms with van der Waals surface area (Å²) in [6, 6.07) is 26.3. The second-order valence-electron chi connectivity index (χ2n) is 10.5. The molecule has 5 atom stereocenters. The summed E-state index contributed by atoms with van der Waals surface area (Å²) in [5, 5.41) is 11.5. The van der Waals surface area contributed by atoms with Crippen molar-refractivity contribution >= 4 is 0 Å². The van der Waals surface area contributed by atoms with E-state index in [1.54, 1.807) is 14.2 Å². The predicted molar refractivity (Wildman–Crippen MR) is 153 cm³/mol. The third-order valence-corrected chi connectivity index (χ3v) is 8.27. The maximum atomic E-state index is 12.6. The fourth-order valence-electron chi connectivity index (χ4n) is 6.00. The third kappa shape index (κ3) is 4.44. The van der Waals surface area contributed by atoms with Gasteiger partial charge in [-0.3, -0.25) is 14.3 Å². The fraction of sp³-hybridized carbons (Fsp3) is 0.312. The number of H-pyrrole nitrogens is 1. The molecule has 2 bridgehead atoms. The molecule has 0 spiro atoms. The van der Waals surface area contributed by atoms with E-state index in [4.69, 9.17) is 23.7 Å². The van der Waals surface area contributed by atoms with E-state index < -0.39 is 47.0 Å². The summed E-state index contributed by atoms with van der Waals surface area (Å²) >= 11 is 0. The molecule has 2 aliphatic rings. The highest BCUT2D eigenvalue weighted by atomic mass is 16.7. The summed E-state index contributed by atoms with van der Waals surface area (Å²) < 4.78 is 31.7. The molecule has 2 N–H and O–H groups in total. The molecular formula is C32H32N2O8. The number of aromatic amines is 1. The number of fused-ring (bicyclic) bond motifs is 2. The number of nitrogens with zero attached hydrogens (tertiary/aromatic N) is 1. The number of nitrogens with one attached hydrogen (secondary N) is 1. The largest absolute Gasteiger partial charge is 0.497 e. The topological polar surface area (TPSA) is 121 Å². The van der Waals surface area contributed by atoms with Crippen LogP contribution in [0, 0.1) is 0 Å². The number of benzene rings is 3. The zero-order valence-electron chi connectivity index (χ0n) is 23.4. The van der Waals surface area contributed by atoms with Crippen LogP contribution in [-0.2, 0) is 19.8 Å². The Morgan fingerprint density at radius 3 is 2.02 bits per heavy atom. The van der Waals surface area contributed by atoms with Crippen LogP contribution in [0.2, 0.25) is 0 Å². The summed E-state index contributed by atoms with van der Waals surface area (Å²) in [6.07, 6.45) is -2.34. The fourth-order valence-corrected chi connectivity index (χ4v) is 6.00. The molecule has 0 unspecified atom stereocenters. The molecule has 4 aromatic rings. The van der Waals surface area contributed by atoms with Crippen molar-refractivity contribution in [1.82, 2.24) is 9.55 Å². The number of aliphatic hydroxyl groups is 1. The molecule has 2 saturated heterocycles. The Hall–Kier alpha value is -4.22. The molecule has 0 amide bonds. The molecule has 0 saturated carbocycles. The van der Waals surface area contributed by atoms with E-state index in [1.165, 1.54) is 16.8 Å². The molecule has 3 aromatic carbocycles. The number of hydrogen-bond donors (Lipinski definition) is 2. The van der Waals surface area contributed by atoms with E-state index in [-0.39, 0.29) is 6.61 Å². The highest BCUT2D eigenvalue weighted by Crippen LogP contribution is 2.50. The normalized spacial score (nSPS) is 24.0. The third-order valence-electron chi connectivity index (χ3n) is 8.27. The molecule has 0 radical (unpaired) electrons. The quantitative estimate of drug-likeness (QED) is 0.294. The zero-order valence-corrected chi connectivity index (χ0v) is 23.4. The minimum absolute atomic E-state index is 0.0463. The number of ether oxygens (including phenoxy) is 5. The van der Waals surface area contributed by atoms with Gasteiger partial charge in [-0.15, -0.1) is 0 Å². The first-order chi connectivity index (χ1) is 20.3. The summed E-state index contributed by atoms with van der Waals surface area (Å²) in [5.74, 6) is 1.38. The Balaban J connectivity index is 1.47. The Kier molecular flexibility index (Phi) is 7.24. The molecule has 3 heterocycles. The van der Waals surface area contributed by atoms with Crippen LogP contribution in [0.15, 0.2) is 101 Å². The van der Waals surface area contributed by atoms with E-state index in [9.17, 15) is 14.7 Å². The van der Waals surface area contributed by atoms with Gasteiger partial charge in [0.2, 0.25) is 0 Å². The van der Waals surface area contributed by atoms with Crippen LogP contribution in [0.4, 0.5) is 0 Å². The minimum Gasteiger partial charge on any atom is -0.497 e. The van der Waals surface area contributed by atoms with Crippen LogP contribution < -0.4 is 20.7 Å². The molecule has 218 valence electrons. The molecule has 42 heavy (non-hydrogen) atoms. The van der Waals surface area contributed by atoms with Gasteiger partial charge in [-0.05, 0) is 47.9 Å². The van der Waals surface area contributed by atoms with Crippen LogP contribution >= 0.6 is 0 Å². The Bertz CT molecular complexity index is 1600. The number of aliphatic hydroxyl groups excluding tert-OH is 1. The van der Waals surface area contributed by atoms with Crippen molar-refractivity contribution in [3.63, 3.8) is 0 Å². The van der Waals surface area contributed by atoms with Crippen LogP contribution in [0.5, 0.6) is 11.5 Å². The van der Waals surface area contributed by atoms with Gasteiger partial charge in [0.15, 0.2) is 6.23 Å². The first kappa shape index (κ1) is 27.9. The van der Waals surface area contributed by atoms with Crippen molar-refractivity contribution in [2.24, 2.45) is 0 Å². The average molecular weight is 573 g/mol. The van der Waals surface area contributed by atoms with Gasteiger partial charge in [-0.2, -0.15) is 0 Å². The Labute approximate surface area is 242 Å². The lowest BCUT2D eigenvalue weighted by Crippen LogP contribution is -2.54. The second-order valence-corrected chi connectivity index (χ2v) is 10.5. The molecule has 2 fully saturated rings. The van der Waals surface area contributed by atoms with Gasteiger partial charge in [0.05, 0.1) is 26.9 Å². The highest BCUT2D eigenvalue weighted by molar-refractivity contribution is 5.50. The van der Waals surface area contributed by atoms with Crippen molar-refractivity contribution in [2.45, 2.75) is 42.7 Å². The van der Waals surface area contributed by atoms with Crippen molar-refractivity contribution < 1.29 is 28.8 Å². The molecule has 1 aromatic heterocycles. The lowest BCUT2D eigenvalue weighted by molar-refractivity contribution is -0.230. The van der Waals surface area contributed by atoms with E-state index >= 15 is 0 Å². The second kappa shape index (κ2) is 10.9. The summed E-state index contributed by atoms with van der Waals surface area (Å²) in [5.41, 5.74) is -1.18. The predicted octanol–water partition coefficient (Wildman–Crippen LogP) is 2.98. The summed E-state index contributed by atoms with van der Waals surface area (Å²) in [7, 11) is 3.22. The van der Waals surface area contributed by atoms with Crippen LogP contribution in [0.3, 0.4) is 0 Å². The first-order valence-corrected chi connectivity index (χ1v) is 13.6. The van der Waals surface area contributed by atoms with Crippen molar-refractivity contribution in [1.29, 1.82) is 0 Å². The van der Waals surface area contributed by atoms with Gasteiger partial charge in [-0.1, -0.05) is 54.6 Å². The maximum Gasteiger partial charge on any atom is 0.330 e. The Morgan fingerprint density at radius 1 is 0.905 bits per heavy atom. The van der Waals surface area contributed by atoms with Gasteiger partial charge in [0, 0.05) is 12.3 Å². The number of hydrogen-bond acceptors (Lipinski definition) is 8. The Morgan fingerprint density at radius 2 is 1.48 bits per heavy atom. The van der Waals surface area contributed by atoms with Crippen molar-refractivity contribution in [3.8, 4) is 11.5 Å². The van der Waals surface area contributed by atoms with Gasteiger partial charge in [0.1, 0.15) is 34.9 Å². The maximum absolute atomic E-state index is 12.6. The molecule has 10 heteroatoms. The van der Waals surface area contributed by atoms with Crippen LogP contribution in [-0.4, -0.2) is 59.4 Å². The molecule has 10 nitrogen and oxygen atoms in total. The summed E-state index contributed by atoms with van der Waals surface area (Å²) in [4.78, 5) is 26.5. The van der Waals surface area contributed by atoms with Gasteiger partial charge in [-0.25, -0.2) is 4.79 Å². The minimum atomic E-state index is -1.32. The molecule has 2 aliphatic heterocycles. The summed E-state index contributed by atoms with van der Waals surface area (Å²) in [6.45, 7) is 1.88. The lowest BCUT2D eigenvalue weighted by atomic mass is 9.79. The highest BCUT2D eigenvalue weighted by Gasteiger charge is 2.65. The van der Waals surface area contributed by atoms with E-state index in [1.807, 2.05) is 85.8 Å². The van der Waals surface area contributed by atoms with E-state index in [0.29, 0.717) is 11.5 Å². The number of methoxy groups -OCH3 is 2. The SMILES string of the molecule is COc1ccc(C(O[C@@H](C)[C@@]23CO[C@@H]([C@H](n4ccc(=O)[nH]c4=O)O2)[C@@H]3O)(c2ccccc2)c2ccc(OC)cc2)cc1. The average Bonchev–Trinajstić information content (AvgIpc) is 3.50. The monoisotopic (exact) mass is 572 g/mol. The van der Waals surface area contributed by atoms with E-state index in [0.717, 1.165) is 16.7 Å². The number of aromatic nitrogens is 2. The molecular weight excluding hydrogens is 540 g/mol. The van der Waals surface area contributed by atoms with Crippen molar-refractivity contribution in [2.75, 3.05) is 20.8 Å². The zero-order chi connectivity index (χ0) is 29.5. The van der Waals surface area contributed by atoms with Crippen LogP contribution in [0.25, 0.3) is 0 Å². The van der Waals surface area contributed by atoms with Gasteiger partial charge in [0.25, 0.3) is 5.56 Å². The number of rotatable bonds is 9. The van der Waals surface area contributed by atoms with Crippen LogP contribution in [0.1, 0.15) is 29.8 Å². The lowest BCUT2D eigenvalue weighted by Gasteiger charge is -2.43. The first-order valence-electron chi connectivity index (χ1n) is 13.6. The standard InChI is InChI=1S/C32H32N2O8/c1-20(31-19-40-27(28(31)36)29(42-31)34-18-17-26(35)33-30(34)37)41-32(21-7-5-4-6-8-21,22-9-13-24(38-2)14-10-22)23-11-15-25(39-3)16-12-23/h4-18,20,27-29,36H,19H2,1-3H3,(H,33,35,37)/t20-,27+,28-,29+,31+/m0/s1. The molecule has 0 aliphatic carbocycles.